The molecule has 1 atom stereocenters. The van der Waals surface area contributed by atoms with Crippen molar-refractivity contribution in [2.24, 2.45) is 5.73 Å². The molecule has 1 aliphatic rings. The molecule has 1 aliphatic heterocycles. The normalized spacial score (nSPS) is 18.1. The van der Waals surface area contributed by atoms with Crippen LogP contribution in [0.25, 0.3) is 5.52 Å². The summed E-state index contributed by atoms with van der Waals surface area (Å²) < 4.78 is 1.89. The monoisotopic (exact) mass is 304 g/mol. The molecular formula is C14H20N6S. The molecule has 0 aromatic carbocycles. The Bertz CT molecular complexity index is 659. The number of aromatic nitrogens is 3. The maximum Gasteiger partial charge on any atom is 0.154 e. The van der Waals surface area contributed by atoms with E-state index in [1.807, 2.05) is 17.6 Å². The molecule has 1 saturated heterocycles. The van der Waals surface area contributed by atoms with Gasteiger partial charge in [-0.2, -0.15) is 5.10 Å². The molecule has 2 N–H and O–H groups in total. The number of hydrogen-bond acceptors (Lipinski definition) is 5. The van der Waals surface area contributed by atoms with Crippen LogP contribution in [0.4, 0.5) is 5.82 Å². The number of nitrogens with zero attached hydrogens (tertiary/aromatic N) is 5. The minimum absolute atomic E-state index is 0.156. The number of rotatable bonds is 3. The molecule has 7 heteroatoms. The van der Waals surface area contributed by atoms with Gasteiger partial charge in [0.2, 0.25) is 0 Å². The highest BCUT2D eigenvalue weighted by atomic mass is 32.1. The lowest BCUT2D eigenvalue weighted by molar-refractivity contribution is 0.239. The van der Waals surface area contributed by atoms with Crippen molar-refractivity contribution in [1.82, 2.24) is 19.5 Å². The minimum atomic E-state index is 0.156. The lowest BCUT2D eigenvalue weighted by Crippen LogP contribution is -2.53. The maximum atomic E-state index is 5.74. The van der Waals surface area contributed by atoms with Gasteiger partial charge in [-0.25, -0.2) is 9.50 Å². The molecule has 0 amide bonds. The molecule has 0 spiro atoms. The predicted octanol–water partition coefficient (Wildman–Crippen LogP) is 0.834. The fourth-order valence-electron chi connectivity index (χ4n) is 2.78. The van der Waals surface area contributed by atoms with Crippen molar-refractivity contribution in [3.8, 4) is 0 Å². The van der Waals surface area contributed by atoms with Crippen LogP contribution in [0, 0.1) is 6.92 Å². The SMILES string of the molecule is Cc1cc2c(N3CCN(C(C)C(N)=S)CC3)nccn2n1. The maximum absolute atomic E-state index is 5.74. The number of hydrogen-bond donors (Lipinski definition) is 1. The van der Waals surface area contributed by atoms with Gasteiger partial charge in [-0.1, -0.05) is 12.2 Å². The van der Waals surface area contributed by atoms with E-state index in [1.165, 1.54) is 0 Å². The first kappa shape index (κ1) is 14.2. The van der Waals surface area contributed by atoms with Crippen LogP contribution in [0.3, 0.4) is 0 Å². The van der Waals surface area contributed by atoms with Crippen molar-refractivity contribution in [2.75, 3.05) is 31.1 Å². The van der Waals surface area contributed by atoms with E-state index in [2.05, 4.69) is 32.9 Å². The number of thiocarbonyl (C=S) groups is 1. The zero-order valence-corrected chi connectivity index (χ0v) is 13.2. The van der Waals surface area contributed by atoms with Crippen molar-refractivity contribution in [3.05, 3.63) is 24.2 Å². The minimum Gasteiger partial charge on any atom is -0.392 e. The number of anilines is 1. The van der Waals surface area contributed by atoms with Gasteiger partial charge in [-0.3, -0.25) is 4.90 Å². The molecule has 1 unspecified atom stereocenters. The summed E-state index contributed by atoms with van der Waals surface area (Å²) in [4.78, 5) is 9.73. The second kappa shape index (κ2) is 5.57. The van der Waals surface area contributed by atoms with E-state index in [0.29, 0.717) is 4.99 Å². The Kier molecular flexibility index (Phi) is 3.77. The van der Waals surface area contributed by atoms with E-state index in [1.54, 1.807) is 6.20 Å². The first-order chi connectivity index (χ1) is 10.1. The second-order valence-corrected chi connectivity index (χ2v) is 5.94. The molecule has 2 aromatic rings. The third-order valence-corrected chi connectivity index (χ3v) is 4.41. The summed E-state index contributed by atoms with van der Waals surface area (Å²) in [7, 11) is 0. The smallest absolute Gasteiger partial charge is 0.154 e. The highest BCUT2D eigenvalue weighted by molar-refractivity contribution is 7.80. The van der Waals surface area contributed by atoms with Gasteiger partial charge >= 0.3 is 0 Å². The summed E-state index contributed by atoms with van der Waals surface area (Å²) in [6.07, 6.45) is 3.69. The Morgan fingerprint density at radius 3 is 2.71 bits per heavy atom. The van der Waals surface area contributed by atoms with Crippen LogP contribution in [0.5, 0.6) is 0 Å². The fraction of sp³-hybridized carbons (Fsp3) is 0.500. The van der Waals surface area contributed by atoms with Crippen LogP contribution in [-0.4, -0.2) is 56.7 Å². The lowest BCUT2D eigenvalue weighted by Gasteiger charge is -2.38. The Morgan fingerprint density at radius 2 is 2.05 bits per heavy atom. The Balaban J connectivity index is 1.78. The number of nitrogens with two attached hydrogens (primary N) is 1. The van der Waals surface area contributed by atoms with Gasteiger partial charge in [0, 0.05) is 38.6 Å². The molecule has 2 aromatic heterocycles. The first-order valence-electron chi connectivity index (χ1n) is 7.15. The summed E-state index contributed by atoms with van der Waals surface area (Å²) in [5.41, 5.74) is 7.81. The molecule has 3 rings (SSSR count). The van der Waals surface area contributed by atoms with E-state index < -0.39 is 0 Å². The summed E-state index contributed by atoms with van der Waals surface area (Å²) in [5, 5.41) is 4.44. The number of piperazine rings is 1. The summed E-state index contributed by atoms with van der Waals surface area (Å²) in [6.45, 7) is 7.78. The fourth-order valence-corrected chi connectivity index (χ4v) is 2.92. The van der Waals surface area contributed by atoms with Gasteiger partial charge in [0.1, 0.15) is 5.52 Å². The van der Waals surface area contributed by atoms with Crippen molar-refractivity contribution < 1.29 is 0 Å². The van der Waals surface area contributed by atoms with Crippen LogP contribution in [0.1, 0.15) is 12.6 Å². The van der Waals surface area contributed by atoms with Gasteiger partial charge in [-0.15, -0.1) is 0 Å². The number of fused-ring (bicyclic) bond motifs is 1. The van der Waals surface area contributed by atoms with Crippen LogP contribution in [-0.2, 0) is 0 Å². The second-order valence-electron chi connectivity index (χ2n) is 5.47. The van der Waals surface area contributed by atoms with Gasteiger partial charge < -0.3 is 10.6 Å². The predicted molar refractivity (Wildman–Crippen MR) is 87.8 cm³/mol. The van der Waals surface area contributed by atoms with Crippen LogP contribution in [0.15, 0.2) is 18.5 Å². The zero-order chi connectivity index (χ0) is 15.0. The summed E-state index contributed by atoms with van der Waals surface area (Å²) >= 11 is 5.09. The van der Waals surface area contributed by atoms with Gasteiger partial charge in [0.05, 0.1) is 16.7 Å². The van der Waals surface area contributed by atoms with Crippen LogP contribution >= 0.6 is 12.2 Å². The van der Waals surface area contributed by atoms with E-state index in [-0.39, 0.29) is 6.04 Å². The highest BCUT2D eigenvalue weighted by Gasteiger charge is 2.24. The molecule has 0 saturated carbocycles. The summed E-state index contributed by atoms with van der Waals surface area (Å²) in [5.74, 6) is 1.00. The van der Waals surface area contributed by atoms with Crippen molar-refractivity contribution in [1.29, 1.82) is 0 Å². The third-order valence-electron chi connectivity index (χ3n) is 4.06. The van der Waals surface area contributed by atoms with Gasteiger partial charge in [0.25, 0.3) is 0 Å². The van der Waals surface area contributed by atoms with Crippen molar-refractivity contribution in [2.45, 2.75) is 19.9 Å². The van der Waals surface area contributed by atoms with Crippen molar-refractivity contribution >= 4 is 28.5 Å². The van der Waals surface area contributed by atoms with Crippen LogP contribution < -0.4 is 10.6 Å². The van der Waals surface area contributed by atoms with Crippen LogP contribution in [0.2, 0.25) is 0 Å². The Hall–Kier alpha value is -1.73. The lowest BCUT2D eigenvalue weighted by atomic mass is 10.2. The number of aryl methyl sites for hydroxylation is 1. The van der Waals surface area contributed by atoms with E-state index in [0.717, 1.165) is 43.2 Å². The largest absolute Gasteiger partial charge is 0.392 e. The topological polar surface area (TPSA) is 62.7 Å². The Morgan fingerprint density at radius 1 is 1.33 bits per heavy atom. The quantitative estimate of drug-likeness (QED) is 0.848. The molecule has 112 valence electrons. The highest BCUT2D eigenvalue weighted by Crippen LogP contribution is 2.21. The average Bonchev–Trinajstić information content (AvgIpc) is 2.86. The molecule has 0 radical (unpaired) electrons. The molecule has 21 heavy (non-hydrogen) atoms. The third kappa shape index (κ3) is 2.71. The molecule has 0 bridgehead atoms. The molecule has 3 heterocycles. The van der Waals surface area contributed by atoms with E-state index in [9.17, 15) is 0 Å². The van der Waals surface area contributed by atoms with E-state index in [4.69, 9.17) is 18.0 Å². The van der Waals surface area contributed by atoms with E-state index >= 15 is 0 Å². The Labute approximate surface area is 129 Å². The van der Waals surface area contributed by atoms with Gasteiger partial charge in [-0.05, 0) is 19.9 Å². The standard InChI is InChI=1S/C14H20N6S/c1-10-9-12-14(16-3-4-20(12)17-10)19-7-5-18(6-8-19)11(2)13(15)21/h3-4,9,11H,5-8H2,1-2H3,(H2,15,21). The molecule has 0 aliphatic carbocycles. The average molecular weight is 304 g/mol. The summed E-state index contributed by atoms with van der Waals surface area (Å²) in [6, 6.07) is 2.23. The van der Waals surface area contributed by atoms with Crippen molar-refractivity contribution in [3.63, 3.8) is 0 Å². The molecule has 1 fully saturated rings. The molecular weight excluding hydrogens is 284 g/mol. The van der Waals surface area contributed by atoms with Gasteiger partial charge in [0.15, 0.2) is 5.82 Å². The first-order valence-corrected chi connectivity index (χ1v) is 7.56. The zero-order valence-electron chi connectivity index (χ0n) is 12.4. The molecule has 6 nitrogen and oxygen atoms in total.